The molecule has 1 unspecified atom stereocenters. The van der Waals surface area contributed by atoms with Gasteiger partial charge >= 0.3 is 0 Å². The third kappa shape index (κ3) is 2.54. The Kier molecular flexibility index (Phi) is 3.48. The molecule has 1 aromatic carbocycles. The van der Waals surface area contributed by atoms with Gasteiger partial charge in [0.05, 0.1) is 12.3 Å². The number of amides is 1. The van der Waals surface area contributed by atoms with Crippen LogP contribution in [-0.4, -0.2) is 17.5 Å². The van der Waals surface area contributed by atoms with Gasteiger partial charge in [0, 0.05) is 17.4 Å². The highest BCUT2D eigenvalue weighted by atomic mass is 16.5. The zero-order valence-electron chi connectivity index (χ0n) is 12.0. The molecule has 108 valence electrons. The van der Waals surface area contributed by atoms with Gasteiger partial charge < -0.3 is 15.4 Å². The fourth-order valence-corrected chi connectivity index (χ4v) is 2.43. The number of rotatable bonds is 4. The van der Waals surface area contributed by atoms with Crippen LogP contribution in [0.2, 0.25) is 0 Å². The molecule has 2 heterocycles. The van der Waals surface area contributed by atoms with Crippen molar-refractivity contribution in [1.82, 2.24) is 4.98 Å². The van der Waals surface area contributed by atoms with E-state index in [-0.39, 0.29) is 5.91 Å². The van der Waals surface area contributed by atoms with Gasteiger partial charge in [-0.15, -0.1) is 0 Å². The number of carbonyl (C=O) groups excluding carboxylic acids is 1. The van der Waals surface area contributed by atoms with Crippen molar-refractivity contribution in [2.24, 2.45) is 0 Å². The summed E-state index contributed by atoms with van der Waals surface area (Å²) in [6.07, 6.45) is 1.67. The summed E-state index contributed by atoms with van der Waals surface area (Å²) in [4.78, 5) is 16.4. The van der Waals surface area contributed by atoms with Crippen molar-refractivity contribution in [1.29, 1.82) is 0 Å². The summed E-state index contributed by atoms with van der Waals surface area (Å²) in [7, 11) is 0. The second-order valence-corrected chi connectivity index (χ2v) is 4.95. The lowest BCUT2D eigenvalue weighted by Crippen LogP contribution is -2.20. The quantitative estimate of drug-likeness (QED) is 0.905. The lowest BCUT2D eigenvalue weighted by atomic mass is 10.1. The minimum absolute atomic E-state index is 0.0677. The molecule has 1 aromatic heterocycles. The highest BCUT2D eigenvalue weighted by Gasteiger charge is 2.31. The Bertz CT molecular complexity index is 685. The van der Waals surface area contributed by atoms with Crippen molar-refractivity contribution in [3.8, 4) is 5.88 Å². The zero-order valence-corrected chi connectivity index (χ0v) is 12.0. The van der Waals surface area contributed by atoms with Crippen molar-refractivity contribution >= 4 is 17.3 Å². The first-order valence-electron chi connectivity index (χ1n) is 6.95. The first kappa shape index (κ1) is 13.4. The summed E-state index contributed by atoms with van der Waals surface area (Å²) in [5, 5.41) is 6.11. The first-order valence-corrected chi connectivity index (χ1v) is 6.95. The van der Waals surface area contributed by atoms with Crippen LogP contribution in [0.15, 0.2) is 36.5 Å². The number of fused-ring (bicyclic) bond motifs is 1. The molecule has 5 nitrogen and oxygen atoms in total. The van der Waals surface area contributed by atoms with Crippen LogP contribution < -0.4 is 15.4 Å². The van der Waals surface area contributed by atoms with Crippen LogP contribution in [0.1, 0.15) is 24.1 Å². The average molecular weight is 283 g/mol. The topological polar surface area (TPSA) is 63.2 Å². The maximum atomic E-state index is 12.2. The predicted molar refractivity (Wildman–Crippen MR) is 81.6 cm³/mol. The molecule has 0 spiro atoms. The van der Waals surface area contributed by atoms with E-state index in [0.717, 1.165) is 16.8 Å². The van der Waals surface area contributed by atoms with E-state index in [2.05, 4.69) is 15.6 Å². The molecule has 0 saturated carbocycles. The number of anilines is 2. The monoisotopic (exact) mass is 283 g/mol. The second kappa shape index (κ2) is 5.44. The lowest BCUT2D eigenvalue weighted by Gasteiger charge is -2.15. The Morgan fingerprint density at radius 2 is 2.24 bits per heavy atom. The number of ether oxygens (including phenoxy) is 1. The van der Waals surface area contributed by atoms with Gasteiger partial charge in [0.25, 0.3) is 5.91 Å². The van der Waals surface area contributed by atoms with Crippen LogP contribution >= 0.6 is 0 Å². The van der Waals surface area contributed by atoms with E-state index in [1.54, 1.807) is 6.20 Å². The third-order valence-corrected chi connectivity index (χ3v) is 3.39. The summed E-state index contributed by atoms with van der Waals surface area (Å²) in [5.41, 5.74) is 3.64. The average Bonchev–Trinajstić information content (AvgIpc) is 2.77. The molecule has 1 atom stereocenters. The summed E-state index contributed by atoms with van der Waals surface area (Å²) >= 11 is 0. The minimum atomic E-state index is -0.427. The van der Waals surface area contributed by atoms with E-state index < -0.39 is 6.04 Å². The highest BCUT2D eigenvalue weighted by molar-refractivity contribution is 6.04. The Morgan fingerprint density at radius 1 is 1.38 bits per heavy atom. The molecule has 5 heteroatoms. The molecule has 0 radical (unpaired) electrons. The van der Waals surface area contributed by atoms with Crippen molar-refractivity contribution < 1.29 is 9.53 Å². The maximum Gasteiger partial charge on any atom is 0.251 e. The molecule has 0 aliphatic carbocycles. The number of benzene rings is 1. The number of aromatic nitrogens is 1. The molecule has 1 aliphatic rings. The molecule has 1 aliphatic heterocycles. The number of pyridine rings is 1. The molecular formula is C16H17N3O2. The van der Waals surface area contributed by atoms with Crippen LogP contribution in [-0.2, 0) is 4.79 Å². The number of hydrogen-bond acceptors (Lipinski definition) is 4. The molecule has 0 saturated heterocycles. The van der Waals surface area contributed by atoms with Gasteiger partial charge in [-0.1, -0.05) is 17.7 Å². The van der Waals surface area contributed by atoms with Gasteiger partial charge in [-0.3, -0.25) is 4.79 Å². The first-order chi connectivity index (χ1) is 10.2. The number of aryl methyl sites for hydroxylation is 1. The van der Waals surface area contributed by atoms with Gasteiger partial charge in [-0.2, -0.15) is 0 Å². The maximum absolute atomic E-state index is 12.2. The van der Waals surface area contributed by atoms with E-state index in [1.807, 2.05) is 44.2 Å². The molecule has 2 aromatic rings. The van der Waals surface area contributed by atoms with Crippen molar-refractivity contribution in [2.45, 2.75) is 19.9 Å². The fraction of sp³-hybridized carbons (Fsp3) is 0.250. The summed E-state index contributed by atoms with van der Waals surface area (Å²) in [6, 6.07) is 9.17. The summed E-state index contributed by atoms with van der Waals surface area (Å²) < 4.78 is 5.49. The van der Waals surface area contributed by atoms with Crippen LogP contribution in [0.4, 0.5) is 11.4 Å². The van der Waals surface area contributed by atoms with Gasteiger partial charge in [0.1, 0.15) is 6.04 Å². The molecule has 21 heavy (non-hydrogen) atoms. The third-order valence-electron chi connectivity index (χ3n) is 3.39. The Balaban J connectivity index is 1.93. The minimum Gasteiger partial charge on any atom is -0.476 e. The Morgan fingerprint density at radius 3 is 3.05 bits per heavy atom. The van der Waals surface area contributed by atoms with E-state index >= 15 is 0 Å². The Hall–Kier alpha value is -2.56. The normalized spacial score (nSPS) is 16.3. The predicted octanol–water partition coefficient (Wildman–Crippen LogP) is 2.89. The van der Waals surface area contributed by atoms with Crippen LogP contribution in [0, 0.1) is 6.92 Å². The Labute approximate surface area is 123 Å². The number of carbonyl (C=O) groups is 1. The number of nitrogens with one attached hydrogen (secondary N) is 2. The van der Waals surface area contributed by atoms with Crippen LogP contribution in [0.5, 0.6) is 5.88 Å². The molecule has 0 fully saturated rings. The molecule has 0 bridgehead atoms. The molecule has 3 rings (SSSR count). The van der Waals surface area contributed by atoms with E-state index in [4.69, 9.17) is 4.74 Å². The SMILES string of the molecule is CCOc1ncccc1NC1C(=O)Nc2ccc(C)cc21. The highest BCUT2D eigenvalue weighted by Crippen LogP contribution is 2.35. The second-order valence-electron chi connectivity index (χ2n) is 4.95. The lowest BCUT2D eigenvalue weighted by molar-refractivity contribution is -0.116. The van der Waals surface area contributed by atoms with Gasteiger partial charge in [0.2, 0.25) is 5.88 Å². The molecule has 2 N–H and O–H groups in total. The van der Waals surface area contributed by atoms with Crippen LogP contribution in [0.3, 0.4) is 0 Å². The molecule has 1 amide bonds. The molecular weight excluding hydrogens is 266 g/mol. The van der Waals surface area contributed by atoms with Gasteiger partial charge in [-0.05, 0) is 32.0 Å². The summed E-state index contributed by atoms with van der Waals surface area (Å²) in [5.74, 6) is 0.441. The van der Waals surface area contributed by atoms with Gasteiger partial charge in [0.15, 0.2) is 0 Å². The van der Waals surface area contributed by atoms with E-state index in [1.165, 1.54) is 0 Å². The van der Waals surface area contributed by atoms with E-state index in [0.29, 0.717) is 18.2 Å². The van der Waals surface area contributed by atoms with Crippen molar-refractivity contribution in [3.63, 3.8) is 0 Å². The fourth-order valence-electron chi connectivity index (χ4n) is 2.43. The smallest absolute Gasteiger partial charge is 0.251 e. The zero-order chi connectivity index (χ0) is 14.8. The van der Waals surface area contributed by atoms with Crippen molar-refractivity contribution in [2.75, 3.05) is 17.2 Å². The largest absolute Gasteiger partial charge is 0.476 e. The standard InChI is InChI=1S/C16H17N3O2/c1-3-21-16-13(5-4-8-17-16)18-14-11-9-10(2)6-7-12(11)19-15(14)20/h4-9,14,18H,3H2,1-2H3,(H,19,20). The summed E-state index contributed by atoms with van der Waals surface area (Å²) in [6.45, 7) is 4.44. The van der Waals surface area contributed by atoms with Crippen molar-refractivity contribution in [3.05, 3.63) is 47.7 Å². The number of nitrogens with zero attached hydrogens (tertiary/aromatic N) is 1. The number of hydrogen-bond donors (Lipinski definition) is 2. The van der Waals surface area contributed by atoms with E-state index in [9.17, 15) is 4.79 Å². The van der Waals surface area contributed by atoms with Crippen LogP contribution in [0.25, 0.3) is 0 Å². The van der Waals surface area contributed by atoms with Gasteiger partial charge in [-0.25, -0.2) is 4.98 Å².